The summed E-state index contributed by atoms with van der Waals surface area (Å²) in [6.45, 7) is 5.30. The third-order valence-corrected chi connectivity index (χ3v) is 3.76. The maximum absolute atomic E-state index is 5.86. The molecule has 1 atom stereocenters. The Morgan fingerprint density at radius 1 is 1.30 bits per heavy atom. The van der Waals surface area contributed by atoms with E-state index in [1.165, 1.54) is 44.1 Å². The lowest BCUT2D eigenvalue weighted by molar-refractivity contribution is 0.198. The van der Waals surface area contributed by atoms with Crippen LogP contribution in [0.25, 0.3) is 0 Å². The van der Waals surface area contributed by atoms with E-state index in [9.17, 15) is 0 Å². The fourth-order valence-electron chi connectivity index (χ4n) is 2.26. The van der Waals surface area contributed by atoms with E-state index < -0.39 is 0 Å². The van der Waals surface area contributed by atoms with Crippen molar-refractivity contribution < 1.29 is 4.74 Å². The topological polar surface area (TPSA) is 34.1 Å². The number of hydrogen-bond donors (Lipinski definition) is 1. The van der Waals surface area contributed by atoms with Gasteiger partial charge in [0.25, 0.3) is 0 Å². The van der Waals surface area contributed by atoms with Crippen LogP contribution in [0.15, 0.2) is 18.3 Å². The molecule has 0 amide bonds. The Morgan fingerprint density at radius 3 is 2.80 bits per heavy atom. The van der Waals surface area contributed by atoms with Gasteiger partial charge in [-0.05, 0) is 38.2 Å². The molecule has 1 saturated carbocycles. The van der Waals surface area contributed by atoms with Gasteiger partial charge in [-0.1, -0.05) is 32.3 Å². The van der Waals surface area contributed by atoms with Gasteiger partial charge in [-0.2, -0.15) is 0 Å². The summed E-state index contributed by atoms with van der Waals surface area (Å²) in [6, 6.07) is 4.85. The third-order valence-electron chi connectivity index (χ3n) is 3.76. The molecule has 0 radical (unpaired) electrons. The van der Waals surface area contributed by atoms with Crippen molar-refractivity contribution in [1.82, 2.24) is 10.3 Å². The summed E-state index contributed by atoms with van der Waals surface area (Å²) in [4.78, 5) is 4.40. The summed E-state index contributed by atoms with van der Waals surface area (Å²) >= 11 is 0. The van der Waals surface area contributed by atoms with Gasteiger partial charge in [0.15, 0.2) is 0 Å². The highest BCUT2D eigenvalue weighted by Gasteiger charge is 2.19. The molecular formula is C17H28N2O. The van der Waals surface area contributed by atoms with Crippen LogP contribution in [0.5, 0.6) is 5.88 Å². The molecule has 0 aliphatic heterocycles. The van der Waals surface area contributed by atoms with Gasteiger partial charge in [0.2, 0.25) is 5.88 Å². The molecular weight excluding hydrogens is 248 g/mol. The zero-order valence-electron chi connectivity index (χ0n) is 12.9. The lowest BCUT2D eigenvalue weighted by Crippen LogP contribution is -2.16. The normalized spacial score (nSPS) is 16.1. The summed E-state index contributed by atoms with van der Waals surface area (Å²) < 4.78 is 5.86. The Labute approximate surface area is 123 Å². The summed E-state index contributed by atoms with van der Waals surface area (Å²) in [6.07, 6.45) is 11.1. The van der Waals surface area contributed by atoms with Crippen LogP contribution >= 0.6 is 0 Å². The Bertz CT molecular complexity index is 373. The lowest BCUT2D eigenvalue weighted by atomic mass is 10.1. The Balaban J connectivity index is 1.66. The largest absolute Gasteiger partial charge is 0.475 e. The van der Waals surface area contributed by atoms with Gasteiger partial charge >= 0.3 is 0 Å². The number of nitrogens with zero attached hydrogens (tertiary/aromatic N) is 1. The number of rotatable bonds is 10. The van der Waals surface area contributed by atoms with Crippen LogP contribution in [0.1, 0.15) is 64.4 Å². The van der Waals surface area contributed by atoms with Crippen molar-refractivity contribution in [3.8, 4) is 5.88 Å². The second-order valence-corrected chi connectivity index (χ2v) is 5.94. The van der Waals surface area contributed by atoms with Gasteiger partial charge in [0, 0.05) is 24.8 Å². The maximum atomic E-state index is 5.86. The molecule has 3 nitrogen and oxygen atoms in total. The van der Waals surface area contributed by atoms with E-state index in [-0.39, 0.29) is 6.10 Å². The number of ether oxygens (including phenoxy) is 1. The van der Waals surface area contributed by atoms with Crippen LogP contribution in [0.2, 0.25) is 0 Å². The smallest absolute Gasteiger partial charge is 0.213 e. The SMILES string of the molecule is CCCCCCC(C)Oc1ccc(CNC2CC2)cn1. The van der Waals surface area contributed by atoms with Crippen molar-refractivity contribution in [1.29, 1.82) is 0 Å². The van der Waals surface area contributed by atoms with Crippen molar-refractivity contribution in [2.24, 2.45) is 0 Å². The minimum atomic E-state index is 0.259. The van der Waals surface area contributed by atoms with E-state index in [1.807, 2.05) is 12.3 Å². The van der Waals surface area contributed by atoms with E-state index in [2.05, 4.69) is 30.2 Å². The minimum Gasteiger partial charge on any atom is -0.475 e. The maximum Gasteiger partial charge on any atom is 0.213 e. The van der Waals surface area contributed by atoms with Gasteiger partial charge < -0.3 is 10.1 Å². The van der Waals surface area contributed by atoms with Crippen LogP contribution < -0.4 is 10.1 Å². The van der Waals surface area contributed by atoms with E-state index >= 15 is 0 Å². The Kier molecular flexibility index (Phi) is 6.31. The predicted octanol–water partition coefficient (Wildman–Crippen LogP) is 4.07. The fourth-order valence-corrected chi connectivity index (χ4v) is 2.26. The molecule has 0 bridgehead atoms. The molecule has 1 N–H and O–H groups in total. The van der Waals surface area contributed by atoms with Gasteiger partial charge in [-0.25, -0.2) is 4.98 Å². The molecule has 0 saturated heterocycles. The van der Waals surface area contributed by atoms with E-state index in [0.29, 0.717) is 0 Å². The molecule has 2 rings (SSSR count). The number of aromatic nitrogens is 1. The summed E-state index contributed by atoms with van der Waals surface area (Å²) in [7, 11) is 0. The zero-order chi connectivity index (χ0) is 14.2. The highest BCUT2D eigenvalue weighted by molar-refractivity contribution is 5.18. The Hall–Kier alpha value is -1.09. The van der Waals surface area contributed by atoms with Crippen LogP contribution in [0.4, 0.5) is 0 Å². The summed E-state index contributed by atoms with van der Waals surface area (Å²) in [5.74, 6) is 0.753. The van der Waals surface area contributed by atoms with Gasteiger partial charge in [0.05, 0.1) is 6.10 Å². The molecule has 1 heterocycles. The first-order valence-corrected chi connectivity index (χ1v) is 8.13. The van der Waals surface area contributed by atoms with Crippen LogP contribution in [0, 0.1) is 0 Å². The molecule has 3 heteroatoms. The first-order valence-electron chi connectivity index (χ1n) is 8.13. The minimum absolute atomic E-state index is 0.259. The standard InChI is InChI=1S/C17H28N2O/c1-3-4-5-6-7-14(2)20-17-11-8-15(13-19-17)12-18-16-9-10-16/h8,11,13-14,16,18H,3-7,9-10,12H2,1-2H3. The molecule has 1 unspecified atom stereocenters. The molecule has 1 aliphatic carbocycles. The second-order valence-electron chi connectivity index (χ2n) is 5.94. The van der Waals surface area contributed by atoms with E-state index in [0.717, 1.165) is 24.9 Å². The summed E-state index contributed by atoms with van der Waals surface area (Å²) in [5, 5.41) is 3.49. The highest BCUT2D eigenvalue weighted by atomic mass is 16.5. The molecule has 1 aliphatic rings. The van der Waals surface area contributed by atoms with Crippen molar-refractivity contribution >= 4 is 0 Å². The van der Waals surface area contributed by atoms with Crippen LogP contribution in [0.3, 0.4) is 0 Å². The third kappa shape index (κ3) is 5.91. The van der Waals surface area contributed by atoms with Crippen molar-refractivity contribution in [3.05, 3.63) is 23.9 Å². The first-order chi connectivity index (χ1) is 9.78. The number of unbranched alkanes of at least 4 members (excludes halogenated alkanes) is 3. The molecule has 1 fully saturated rings. The number of nitrogens with one attached hydrogen (secondary N) is 1. The average molecular weight is 276 g/mol. The van der Waals surface area contributed by atoms with Crippen molar-refractivity contribution in [2.45, 2.75) is 77.5 Å². The molecule has 1 aromatic heterocycles. The molecule has 0 spiro atoms. The summed E-state index contributed by atoms with van der Waals surface area (Å²) in [5.41, 5.74) is 1.24. The predicted molar refractivity (Wildman–Crippen MR) is 82.9 cm³/mol. The van der Waals surface area contributed by atoms with Gasteiger partial charge in [-0.3, -0.25) is 0 Å². The first kappa shape index (κ1) is 15.3. The fraction of sp³-hybridized carbons (Fsp3) is 0.706. The van der Waals surface area contributed by atoms with Gasteiger partial charge in [-0.15, -0.1) is 0 Å². The zero-order valence-corrected chi connectivity index (χ0v) is 12.9. The van der Waals surface area contributed by atoms with Gasteiger partial charge in [0.1, 0.15) is 0 Å². The van der Waals surface area contributed by atoms with E-state index in [1.54, 1.807) is 0 Å². The number of hydrogen-bond acceptors (Lipinski definition) is 3. The number of pyridine rings is 1. The molecule has 20 heavy (non-hydrogen) atoms. The molecule has 0 aromatic carbocycles. The van der Waals surface area contributed by atoms with Crippen LogP contribution in [-0.4, -0.2) is 17.1 Å². The Morgan fingerprint density at radius 2 is 2.15 bits per heavy atom. The monoisotopic (exact) mass is 276 g/mol. The van der Waals surface area contributed by atoms with E-state index in [4.69, 9.17) is 4.74 Å². The van der Waals surface area contributed by atoms with Crippen molar-refractivity contribution in [2.75, 3.05) is 0 Å². The molecule has 1 aromatic rings. The highest BCUT2D eigenvalue weighted by Crippen LogP contribution is 2.19. The van der Waals surface area contributed by atoms with Crippen molar-refractivity contribution in [3.63, 3.8) is 0 Å². The van der Waals surface area contributed by atoms with Crippen LogP contribution in [-0.2, 0) is 6.54 Å². The quantitative estimate of drug-likeness (QED) is 0.654. The molecule has 112 valence electrons. The lowest BCUT2D eigenvalue weighted by Gasteiger charge is -2.14. The average Bonchev–Trinajstić information content (AvgIpc) is 3.27. The second kappa shape index (κ2) is 8.25.